The summed E-state index contributed by atoms with van der Waals surface area (Å²) in [5, 5.41) is 20.2. The molecule has 152 valence electrons. The molecule has 29 heavy (non-hydrogen) atoms. The van der Waals surface area contributed by atoms with Gasteiger partial charge in [-0.25, -0.2) is 4.98 Å². The number of carbonyl (C=O) groups is 2. The number of hydrogen-bond acceptors (Lipinski definition) is 7. The summed E-state index contributed by atoms with van der Waals surface area (Å²) in [5.41, 5.74) is 0.438. The first-order chi connectivity index (χ1) is 13.8. The molecule has 0 amide bonds. The topological polar surface area (TPSA) is 110 Å². The first-order valence-electron chi connectivity index (χ1n) is 8.64. The van der Waals surface area contributed by atoms with Gasteiger partial charge in [0, 0.05) is 28.6 Å². The molecule has 0 fully saturated rings. The summed E-state index contributed by atoms with van der Waals surface area (Å²) in [6, 6.07) is 6.35. The van der Waals surface area contributed by atoms with Crippen molar-refractivity contribution in [2.24, 2.45) is 0 Å². The average molecular weight is 437 g/mol. The van der Waals surface area contributed by atoms with Crippen LogP contribution in [-0.4, -0.2) is 35.6 Å². The number of ether oxygens (including phenoxy) is 2. The van der Waals surface area contributed by atoms with Crippen LogP contribution in [-0.2, 0) is 16.0 Å². The molecule has 0 aliphatic heterocycles. The van der Waals surface area contributed by atoms with Crippen LogP contribution in [0.5, 0.6) is 11.5 Å². The van der Waals surface area contributed by atoms with E-state index in [1.165, 1.54) is 13.2 Å². The fraction of sp³-hybridized carbons (Fsp3) is 0.300. The number of nitriles is 1. The number of nitrogens with zero attached hydrogens (tertiary/aromatic N) is 2. The van der Waals surface area contributed by atoms with E-state index < -0.39 is 17.5 Å². The summed E-state index contributed by atoms with van der Waals surface area (Å²) in [6.07, 6.45) is -0.247. The second-order valence-corrected chi connectivity index (χ2v) is 6.76. The Morgan fingerprint density at radius 2 is 1.86 bits per heavy atom. The maximum Gasteiger partial charge on any atom is 0.306 e. The van der Waals surface area contributed by atoms with Crippen molar-refractivity contribution in [3.63, 3.8) is 0 Å². The zero-order valence-corrected chi connectivity index (χ0v) is 17.3. The lowest BCUT2D eigenvalue weighted by molar-refractivity contribution is -0.143. The molecular weight excluding hydrogens is 419 g/mol. The van der Waals surface area contributed by atoms with Crippen LogP contribution in [0.3, 0.4) is 0 Å². The molecule has 0 radical (unpaired) electrons. The maximum absolute atomic E-state index is 12.5. The number of aromatic hydroxyl groups is 1. The third-order valence-electron chi connectivity index (χ3n) is 4.00. The van der Waals surface area contributed by atoms with Gasteiger partial charge in [-0.1, -0.05) is 23.2 Å². The zero-order valence-electron chi connectivity index (χ0n) is 15.8. The van der Waals surface area contributed by atoms with E-state index in [-0.39, 0.29) is 37.1 Å². The minimum absolute atomic E-state index is 0.116. The summed E-state index contributed by atoms with van der Waals surface area (Å²) in [6.45, 7) is 1.86. The number of benzene rings is 1. The van der Waals surface area contributed by atoms with Crippen molar-refractivity contribution in [1.82, 2.24) is 4.98 Å². The Balaban J connectivity index is 2.35. The maximum atomic E-state index is 12.5. The van der Waals surface area contributed by atoms with Gasteiger partial charge >= 0.3 is 5.97 Å². The van der Waals surface area contributed by atoms with Gasteiger partial charge in [-0.2, -0.15) is 5.26 Å². The average Bonchev–Trinajstić information content (AvgIpc) is 2.69. The molecule has 1 heterocycles. The predicted molar refractivity (Wildman–Crippen MR) is 107 cm³/mol. The van der Waals surface area contributed by atoms with E-state index in [1.54, 1.807) is 19.1 Å². The summed E-state index contributed by atoms with van der Waals surface area (Å²) >= 11 is 12.5. The summed E-state index contributed by atoms with van der Waals surface area (Å²) in [5.74, 6) is -1.17. The van der Waals surface area contributed by atoms with Gasteiger partial charge in [0.15, 0.2) is 11.5 Å². The van der Waals surface area contributed by atoms with Crippen LogP contribution in [0.2, 0.25) is 10.0 Å². The molecule has 1 aromatic heterocycles. The van der Waals surface area contributed by atoms with Gasteiger partial charge in [-0.05, 0) is 30.7 Å². The molecule has 2 aromatic rings. The number of pyridine rings is 1. The standard InChI is InChI=1S/C20H18Cl2N2O5/c1-3-29-18(26)5-4-17(25)19-20(27)11(10-23)6-12(24-19)7-14-15(21)8-13(28-2)9-16(14)22/h6,8-9,27H,3-5,7H2,1-2H3. The number of esters is 1. The lowest BCUT2D eigenvalue weighted by atomic mass is 10.0. The molecule has 0 atom stereocenters. The highest BCUT2D eigenvalue weighted by Gasteiger charge is 2.21. The summed E-state index contributed by atoms with van der Waals surface area (Å²) < 4.78 is 9.89. The van der Waals surface area contributed by atoms with Crippen molar-refractivity contribution in [2.75, 3.05) is 13.7 Å². The molecule has 0 saturated carbocycles. The minimum atomic E-state index is -0.583. The fourth-order valence-corrected chi connectivity index (χ4v) is 3.18. The van der Waals surface area contributed by atoms with Gasteiger partial charge < -0.3 is 14.6 Å². The van der Waals surface area contributed by atoms with Crippen LogP contribution in [0, 0.1) is 11.3 Å². The number of halogens is 2. The van der Waals surface area contributed by atoms with Crippen molar-refractivity contribution in [1.29, 1.82) is 5.26 Å². The number of carbonyl (C=O) groups excluding carboxylic acids is 2. The first-order valence-corrected chi connectivity index (χ1v) is 9.40. The Bertz CT molecular complexity index is 963. The third-order valence-corrected chi connectivity index (χ3v) is 4.67. The highest BCUT2D eigenvalue weighted by atomic mass is 35.5. The van der Waals surface area contributed by atoms with Crippen LogP contribution in [0.25, 0.3) is 0 Å². The molecule has 9 heteroatoms. The Labute approximate surface area is 177 Å². The second-order valence-electron chi connectivity index (χ2n) is 5.94. The van der Waals surface area contributed by atoms with Crippen molar-refractivity contribution in [3.8, 4) is 17.6 Å². The van der Waals surface area contributed by atoms with Gasteiger partial charge in [-0.15, -0.1) is 0 Å². The van der Waals surface area contributed by atoms with Crippen LogP contribution >= 0.6 is 23.2 Å². The largest absolute Gasteiger partial charge is 0.504 e. The van der Waals surface area contributed by atoms with Crippen LogP contribution < -0.4 is 4.74 Å². The lowest BCUT2D eigenvalue weighted by Gasteiger charge is -2.11. The SMILES string of the molecule is CCOC(=O)CCC(=O)c1nc(Cc2c(Cl)cc(OC)cc2Cl)cc(C#N)c1O. The molecule has 0 spiro atoms. The van der Waals surface area contributed by atoms with Crippen molar-refractivity contribution >= 4 is 35.0 Å². The van der Waals surface area contributed by atoms with Crippen LogP contribution in [0.15, 0.2) is 18.2 Å². The van der Waals surface area contributed by atoms with E-state index >= 15 is 0 Å². The molecule has 0 aliphatic carbocycles. The molecule has 2 rings (SSSR count). The lowest BCUT2D eigenvalue weighted by Crippen LogP contribution is -2.11. The number of ketones is 1. The Morgan fingerprint density at radius 1 is 1.21 bits per heavy atom. The number of methoxy groups -OCH3 is 1. The quantitative estimate of drug-likeness (QED) is 0.489. The van der Waals surface area contributed by atoms with Gasteiger partial charge in [0.25, 0.3) is 0 Å². The summed E-state index contributed by atoms with van der Waals surface area (Å²) in [7, 11) is 1.48. The van der Waals surface area contributed by atoms with Gasteiger partial charge in [-0.3, -0.25) is 9.59 Å². The van der Waals surface area contributed by atoms with Crippen molar-refractivity contribution in [3.05, 3.63) is 50.8 Å². The molecule has 0 saturated heterocycles. The predicted octanol–water partition coefficient (Wildman–Crippen LogP) is 4.09. The minimum Gasteiger partial charge on any atom is -0.504 e. The first kappa shape index (κ1) is 22.5. The fourth-order valence-electron chi connectivity index (χ4n) is 2.58. The molecule has 7 nitrogen and oxygen atoms in total. The third kappa shape index (κ3) is 5.59. The monoisotopic (exact) mass is 436 g/mol. The Kier molecular flexibility index (Phi) is 7.82. The Morgan fingerprint density at radius 3 is 2.41 bits per heavy atom. The molecule has 0 unspecified atom stereocenters. The van der Waals surface area contributed by atoms with Gasteiger partial charge in [0.2, 0.25) is 0 Å². The van der Waals surface area contributed by atoms with Crippen molar-refractivity contribution < 1.29 is 24.2 Å². The van der Waals surface area contributed by atoms with E-state index in [0.29, 0.717) is 27.1 Å². The van der Waals surface area contributed by atoms with Gasteiger partial charge in [0.05, 0.1) is 25.7 Å². The molecule has 0 bridgehead atoms. The smallest absolute Gasteiger partial charge is 0.306 e. The van der Waals surface area contributed by atoms with Gasteiger partial charge in [0.1, 0.15) is 17.5 Å². The van der Waals surface area contributed by atoms with E-state index in [4.69, 9.17) is 32.7 Å². The zero-order chi connectivity index (χ0) is 21.6. The van der Waals surface area contributed by atoms with E-state index in [2.05, 4.69) is 4.98 Å². The van der Waals surface area contributed by atoms with E-state index in [1.807, 2.05) is 6.07 Å². The number of rotatable bonds is 8. The Hall–Kier alpha value is -2.82. The molecule has 1 N–H and O–H groups in total. The highest BCUT2D eigenvalue weighted by molar-refractivity contribution is 6.36. The normalized spacial score (nSPS) is 10.3. The molecule has 0 aliphatic rings. The molecular formula is C20H18Cl2N2O5. The van der Waals surface area contributed by atoms with E-state index in [0.717, 1.165) is 0 Å². The van der Waals surface area contributed by atoms with E-state index in [9.17, 15) is 20.0 Å². The van der Waals surface area contributed by atoms with Crippen LogP contribution in [0.1, 0.15) is 47.1 Å². The van der Waals surface area contributed by atoms with Crippen LogP contribution in [0.4, 0.5) is 0 Å². The van der Waals surface area contributed by atoms with Crippen molar-refractivity contribution in [2.45, 2.75) is 26.2 Å². The molecule has 1 aromatic carbocycles. The number of aromatic nitrogens is 1. The highest BCUT2D eigenvalue weighted by Crippen LogP contribution is 2.33. The summed E-state index contributed by atoms with van der Waals surface area (Å²) in [4.78, 5) is 28.1. The number of Topliss-reactive ketones (excluding diaryl/α,β-unsaturated/α-hetero) is 1. The second kappa shape index (κ2) is 10.1. The number of hydrogen-bond donors (Lipinski definition) is 1.